The Bertz CT molecular complexity index is 1390. The van der Waals surface area contributed by atoms with Gasteiger partial charge in [0, 0.05) is 23.8 Å². The highest BCUT2D eigenvalue weighted by Gasteiger charge is 2.23. The summed E-state index contributed by atoms with van der Waals surface area (Å²) < 4.78 is 25.2. The number of hydrogen-bond acceptors (Lipinski definition) is 10. The predicted octanol–water partition coefficient (Wildman–Crippen LogP) is 5.19. The van der Waals surface area contributed by atoms with Crippen LogP contribution in [0.4, 0.5) is 15.8 Å². The summed E-state index contributed by atoms with van der Waals surface area (Å²) in [5, 5.41) is 22.7. The van der Waals surface area contributed by atoms with Crippen molar-refractivity contribution in [1.29, 1.82) is 0 Å². The van der Waals surface area contributed by atoms with Crippen molar-refractivity contribution in [3.05, 3.63) is 94.3 Å². The van der Waals surface area contributed by atoms with Gasteiger partial charge in [-0.15, -0.1) is 10.2 Å². The standard InChI is InChI=1S/C23H16FN5O5S/c1-33-17-11-12-18(19(24)13-17)20(30)22(27-25-15-7-9-16(10-8-15)29(31)32)35-23-28-26-21(34-23)14-5-3-2-4-6-14/h2-13,25H,1H3. The molecule has 0 saturated carbocycles. The zero-order valence-corrected chi connectivity index (χ0v) is 18.9. The van der Waals surface area contributed by atoms with Crippen LogP contribution in [0.15, 0.2) is 87.5 Å². The highest BCUT2D eigenvalue weighted by Crippen LogP contribution is 2.27. The Morgan fingerprint density at radius 3 is 2.51 bits per heavy atom. The number of Topliss-reactive ketones (excluding diaryl/α,β-unsaturated/α-hetero) is 1. The summed E-state index contributed by atoms with van der Waals surface area (Å²) in [6.07, 6.45) is 0. The molecule has 0 aliphatic heterocycles. The molecular formula is C23H16FN5O5S. The van der Waals surface area contributed by atoms with Gasteiger partial charge < -0.3 is 9.15 Å². The Morgan fingerprint density at radius 1 is 1.11 bits per heavy atom. The molecule has 1 heterocycles. The quantitative estimate of drug-likeness (QED) is 0.0878. The van der Waals surface area contributed by atoms with Crippen LogP contribution < -0.4 is 10.2 Å². The van der Waals surface area contributed by atoms with E-state index < -0.39 is 16.5 Å². The van der Waals surface area contributed by atoms with Crippen molar-refractivity contribution >= 4 is 34.0 Å². The molecule has 0 spiro atoms. The van der Waals surface area contributed by atoms with Gasteiger partial charge in [-0.25, -0.2) is 4.39 Å². The number of carbonyl (C=O) groups excluding carboxylic acids is 1. The molecule has 0 atom stereocenters. The minimum Gasteiger partial charge on any atom is -0.497 e. The summed E-state index contributed by atoms with van der Waals surface area (Å²) in [4.78, 5) is 23.5. The van der Waals surface area contributed by atoms with Gasteiger partial charge in [0.05, 0.1) is 23.3 Å². The van der Waals surface area contributed by atoms with Gasteiger partial charge >= 0.3 is 0 Å². The summed E-state index contributed by atoms with van der Waals surface area (Å²) >= 11 is 0.745. The van der Waals surface area contributed by atoms with E-state index in [1.54, 1.807) is 12.1 Å². The second-order valence-corrected chi connectivity index (χ2v) is 7.79. The summed E-state index contributed by atoms with van der Waals surface area (Å²) in [7, 11) is 1.38. The number of anilines is 1. The summed E-state index contributed by atoms with van der Waals surface area (Å²) in [6.45, 7) is 0. The van der Waals surface area contributed by atoms with Crippen molar-refractivity contribution in [3.63, 3.8) is 0 Å². The van der Waals surface area contributed by atoms with Crippen molar-refractivity contribution < 1.29 is 23.3 Å². The Labute approximate surface area is 202 Å². The number of nitro benzene ring substituents is 1. The summed E-state index contributed by atoms with van der Waals surface area (Å²) in [5.41, 5.74) is 3.35. The third-order valence-corrected chi connectivity index (χ3v) is 5.40. The number of non-ortho nitro benzene ring substituents is 1. The van der Waals surface area contributed by atoms with Gasteiger partial charge in [-0.2, -0.15) is 5.10 Å². The number of ketones is 1. The second-order valence-electron chi connectivity index (χ2n) is 6.85. The number of nitrogens with zero attached hydrogens (tertiary/aromatic N) is 4. The fraction of sp³-hybridized carbons (Fsp3) is 0.0435. The highest BCUT2D eigenvalue weighted by molar-refractivity contribution is 8.15. The Balaban J connectivity index is 1.63. The van der Waals surface area contributed by atoms with Crippen LogP contribution in [0.5, 0.6) is 5.75 Å². The van der Waals surface area contributed by atoms with Gasteiger partial charge in [-0.3, -0.25) is 20.3 Å². The molecule has 4 aromatic rings. The minimum atomic E-state index is -0.798. The van der Waals surface area contributed by atoms with E-state index >= 15 is 0 Å². The van der Waals surface area contributed by atoms with Gasteiger partial charge in [-0.1, -0.05) is 18.2 Å². The van der Waals surface area contributed by atoms with Gasteiger partial charge in [0.15, 0.2) is 5.04 Å². The SMILES string of the molecule is COc1ccc(C(=O)C(=NNc2ccc([N+](=O)[O-])cc2)Sc2nnc(-c3ccccc3)o2)c(F)c1. The highest BCUT2D eigenvalue weighted by atomic mass is 32.2. The lowest BCUT2D eigenvalue weighted by molar-refractivity contribution is -0.384. The predicted molar refractivity (Wildman–Crippen MR) is 127 cm³/mol. The molecule has 10 nitrogen and oxygen atoms in total. The van der Waals surface area contributed by atoms with Crippen LogP contribution in [0.3, 0.4) is 0 Å². The smallest absolute Gasteiger partial charge is 0.283 e. The minimum absolute atomic E-state index is 0.00960. The van der Waals surface area contributed by atoms with Crippen LogP contribution in [0.2, 0.25) is 0 Å². The van der Waals surface area contributed by atoms with E-state index in [0.29, 0.717) is 11.3 Å². The largest absolute Gasteiger partial charge is 0.497 e. The number of nitro groups is 1. The first-order valence-electron chi connectivity index (χ1n) is 9.98. The van der Waals surface area contributed by atoms with Gasteiger partial charge in [0.25, 0.3) is 10.9 Å². The van der Waals surface area contributed by atoms with Crippen LogP contribution in [-0.2, 0) is 0 Å². The van der Waals surface area contributed by atoms with Crippen molar-refractivity contribution in [2.45, 2.75) is 5.22 Å². The molecule has 0 fully saturated rings. The molecule has 0 amide bonds. The van der Waals surface area contributed by atoms with Crippen LogP contribution >= 0.6 is 11.8 Å². The molecule has 4 rings (SSSR count). The summed E-state index contributed by atoms with van der Waals surface area (Å²) in [6, 6.07) is 18.2. The van der Waals surface area contributed by atoms with E-state index in [1.807, 2.05) is 18.2 Å². The molecule has 0 aliphatic rings. The van der Waals surface area contributed by atoms with Gasteiger partial charge in [-0.05, 0) is 48.2 Å². The van der Waals surface area contributed by atoms with Crippen molar-refractivity contribution in [2.24, 2.45) is 5.10 Å². The van der Waals surface area contributed by atoms with E-state index in [1.165, 1.54) is 43.5 Å². The third kappa shape index (κ3) is 5.68. The number of nitrogens with one attached hydrogen (secondary N) is 1. The zero-order chi connectivity index (χ0) is 24.8. The molecule has 1 N–H and O–H groups in total. The third-order valence-electron chi connectivity index (χ3n) is 4.59. The lowest BCUT2D eigenvalue weighted by Gasteiger charge is -2.07. The number of benzene rings is 3. The lowest BCUT2D eigenvalue weighted by atomic mass is 10.1. The van der Waals surface area contributed by atoms with Crippen molar-refractivity contribution in [2.75, 3.05) is 12.5 Å². The lowest BCUT2D eigenvalue weighted by Crippen LogP contribution is -2.15. The summed E-state index contributed by atoms with van der Waals surface area (Å²) in [5.74, 6) is -1.06. The molecule has 0 saturated heterocycles. The number of rotatable bonds is 8. The monoisotopic (exact) mass is 493 g/mol. The molecule has 0 radical (unpaired) electrons. The first-order valence-corrected chi connectivity index (χ1v) is 10.8. The van der Waals surface area contributed by atoms with E-state index in [4.69, 9.17) is 9.15 Å². The van der Waals surface area contributed by atoms with E-state index in [0.717, 1.165) is 17.8 Å². The molecule has 35 heavy (non-hydrogen) atoms. The maximum Gasteiger partial charge on any atom is 0.283 e. The van der Waals surface area contributed by atoms with Crippen LogP contribution in [-0.4, -0.2) is 33.1 Å². The fourth-order valence-corrected chi connectivity index (χ4v) is 3.51. The Morgan fingerprint density at radius 2 is 1.86 bits per heavy atom. The number of ether oxygens (including phenoxy) is 1. The van der Waals surface area contributed by atoms with E-state index in [-0.39, 0.29) is 33.2 Å². The average Bonchev–Trinajstić information content (AvgIpc) is 3.35. The first-order chi connectivity index (χ1) is 16.9. The fourth-order valence-electron chi connectivity index (χ4n) is 2.85. The average molecular weight is 493 g/mol. The van der Waals surface area contributed by atoms with Crippen LogP contribution in [0.25, 0.3) is 11.5 Å². The maximum atomic E-state index is 14.6. The maximum absolute atomic E-state index is 14.6. The molecule has 0 unspecified atom stereocenters. The zero-order valence-electron chi connectivity index (χ0n) is 18.0. The number of hydrogen-bond donors (Lipinski definition) is 1. The molecule has 0 bridgehead atoms. The van der Waals surface area contributed by atoms with Gasteiger partial charge in [0.1, 0.15) is 11.6 Å². The molecule has 3 aromatic carbocycles. The second kappa shape index (κ2) is 10.6. The van der Waals surface area contributed by atoms with Crippen molar-refractivity contribution in [3.8, 4) is 17.2 Å². The first kappa shape index (κ1) is 23.6. The number of carbonyl (C=O) groups is 1. The molecule has 0 aliphatic carbocycles. The Hall–Kier alpha value is -4.58. The number of halogens is 1. The number of thioether (sulfide) groups is 1. The molecule has 176 valence electrons. The molecule has 12 heteroatoms. The number of hydrazone groups is 1. The Kier molecular flexibility index (Phi) is 7.12. The molecule has 1 aromatic heterocycles. The number of aromatic nitrogens is 2. The normalized spacial score (nSPS) is 11.2. The number of methoxy groups -OCH3 is 1. The van der Waals surface area contributed by atoms with Crippen LogP contribution in [0, 0.1) is 15.9 Å². The van der Waals surface area contributed by atoms with E-state index in [2.05, 4.69) is 20.7 Å². The van der Waals surface area contributed by atoms with Crippen LogP contribution in [0.1, 0.15) is 10.4 Å². The van der Waals surface area contributed by atoms with Crippen molar-refractivity contribution in [1.82, 2.24) is 10.2 Å². The molecular weight excluding hydrogens is 477 g/mol. The van der Waals surface area contributed by atoms with E-state index in [9.17, 15) is 19.3 Å². The topological polar surface area (TPSA) is 133 Å². The van der Waals surface area contributed by atoms with Gasteiger partial charge in [0.2, 0.25) is 11.7 Å².